The van der Waals surface area contributed by atoms with E-state index in [-0.39, 0.29) is 6.15 Å². The van der Waals surface area contributed by atoms with Crippen LogP contribution in [-0.2, 0) is 0 Å². The van der Waals surface area contributed by atoms with Crippen molar-refractivity contribution < 1.29 is 0 Å². The van der Waals surface area contributed by atoms with Gasteiger partial charge in [0.1, 0.15) is 0 Å². The van der Waals surface area contributed by atoms with E-state index >= 15 is 0 Å². The Hall–Kier alpha value is -0.560. The maximum atomic E-state index is 3.00. The average molecular weight is 73.1 g/mol. The highest BCUT2D eigenvalue weighted by Crippen LogP contribution is 0.864. The van der Waals surface area contributed by atoms with Crippen LogP contribution in [0.25, 0.3) is 0 Å². The summed E-state index contributed by atoms with van der Waals surface area (Å²) >= 11 is 0. The number of hydrogen-bond acceptors (Lipinski definition) is 1. The van der Waals surface area contributed by atoms with Gasteiger partial charge in [-0.3, -0.25) is 0 Å². The van der Waals surface area contributed by atoms with Crippen molar-refractivity contribution in [3.05, 3.63) is 26.3 Å². The normalized spacial score (nSPS) is 1.60. The molecule has 0 heterocycles. The van der Waals surface area contributed by atoms with Crippen molar-refractivity contribution >= 4 is 0 Å². The molecule has 0 aliphatic carbocycles. The molecule has 0 saturated carbocycles. The van der Waals surface area contributed by atoms with Crippen LogP contribution in [0.4, 0.5) is 0 Å². The van der Waals surface area contributed by atoms with Crippen molar-refractivity contribution in [3.8, 4) is 0 Å². The van der Waals surface area contributed by atoms with Gasteiger partial charge in [0, 0.05) is 0 Å². The summed E-state index contributed by atoms with van der Waals surface area (Å²) in [4.78, 5) is 0. The molecule has 0 aromatic carbocycles. The van der Waals surface area contributed by atoms with Crippen LogP contribution in [0.1, 0.15) is 0 Å². The van der Waals surface area contributed by atoms with E-state index in [0.29, 0.717) is 0 Å². The summed E-state index contributed by atoms with van der Waals surface area (Å²) in [5.74, 6) is 0. The van der Waals surface area contributed by atoms with Crippen LogP contribution >= 0.6 is 0 Å². The molecular weight excluding hydrogens is 62.1 g/mol. The van der Waals surface area contributed by atoms with Crippen molar-refractivity contribution in [2.24, 2.45) is 0 Å². The van der Waals surface area contributed by atoms with E-state index in [1.54, 1.807) is 0 Å². The molecule has 0 aromatic heterocycles. The summed E-state index contributed by atoms with van der Waals surface area (Å²) in [6.07, 6.45) is 0. The predicted octanol–water partition coefficient (Wildman–Crippen LogP) is 1.77. The second-order valence-corrected chi connectivity index (χ2v) is 0. The first-order valence-corrected chi connectivity index (χ1v) is 1.000. The molecule has 0 amide bonds. The van der Waals surface area contributed by atoms with E-state index in [2.05, 4.69) is 26.3 Å². The summed E-state index contributed by atoms with van der Waals surface area (Å²) in [6.45, 7) is 12.0. The lowest BCUT2D eigenvalue weighted by Crippen LogP contribution is -0.552. The molecule has 0 rings (SSSR count). The van der Waals surface area contributed by atoms with Crippen LogP contribution in [-0.4, -0.2) is 0 Å². The molecule has 0 aromatic rings. The average Bonchev–Trinajstić information content (AvgIpc) is 1.50. The molecule has 0 atom stereocenters. The lowest BCUT2D eigenvalue weighted by molar-refractivity contribution is 2.13. The minimum atomic E-state index is 0. The smallest absolute Gasteiger partial charge is 0.106 e. The summed E-state index contributed by atoms with van der Waals surface area (Å²) in [5.41, 5.74) is 0. The molecule has 0 spiro atoms. The molecule has 1 nitrogen and oxygen atoms in total. The molecule has 0 aliphatic heterocycles. The van der Waals surface area contributed by atoms with E-state index in [0.717, 1.165) is 0 Å². The largest absolute Gasteiger partial charge is 0.344 e. The second-order valence-electron chi connectivity index (χ2n) is 0. The Labute approximate surface area is 33.6 Å². The molecule has 0 unspecified atom stereocenters. The summed E-state index contributed by atoms with van der Waals surface area (Å²) < 4.78 is 0. The fourth-order valence-electron chi connectivity index (χ4n) is 0. The zero-order valence-corrected chi connectivity index (χ0v) is 3.54. The number of hydrogen-bond donors (Lipinski definition) is 1. The molecular formula is C4H11N. The molecule has 3 N–H and O–H groups in total. The Kier molecular flexibility index (Phi) is 331. The Morgan fingerprint density at radius 1 is 0.600 bits per heavy atom. The Morgan fingerprint density at radius 2 is 0.600 bits per heavy atom. The SMILES string of the molecule is C=C.C=C.N. The minimum absolute atomic E-state index is 0. The van der Waals surface area contributed by atoms with E-state index in [4.69, 9.17) is 0 Å². The Balaban J connectivity index is -0.0000000133. The fourth-order valence-corrected chi connectivity index (χ4v) is 0. The molecule has 32 valence electrons. The third kappa shape index (κ3) is 22.7. The van der Waals surface area contributed by atoms with Gasteiger partial charge in [-0.25, -0.2) is 0 Å². The first kappa shape index (κ1) is 25.3. The molecule has 0 aliphatic rings. The lowest BCUT2D eigenvalue weighted by atomic mass is 11.3. The molecule has 0 radical (unpaired) electrons. The van der Waals surface area contributed by atoms with Gasteiger partial charge in [0.05, 0.1) is 0 Å². The number of rotatable bonds is 0. The fraction of sp³-hybridized carbons (Fsp3) is 0. The molecule has 0 fully saturated rings. The quantitative estimate of drug-likeness (QED) is 0.436. The van der Waals surface area contributed by atoms with E-state index in [9.17, 15) is 0 Å². The van der Waals surface area contributed by atoms with Gasteiger partial charge in [0.15, 0.2) is 0 Å². The third-order valence-electron chi connectivity index (χ3n) is 0. The van der Waals surface area contributed by atoms with Gasteiger partial charge < -0.3 is 6.15 Å². The zero-order chi connectivity index (χ0) is 4.00. The van der Waals surface area contributed by atoms with Crippen molar-refractivity contribution in [2.75, 3.05) is 0 Å². The Bertz CT molecular complexity index is 5.61. The van der Waals surface area contributed by atoms with Crippen molar-refractivity contribution in [2.45, 2.75) is 0 Å². The van der Waals surface area contributed by atoms with Crippen LogP contribution in [0.3, 0.4) is 0 Å². The van der Waals surface area contributed by atoms with Crippen LogP contribution in [0.15, 0.2) is 26.3 Å². The van der Waals surface area contributed by atoms with E-state index in [1.807, 2.05) is 0 Å². The highest BCUT2D eigenvalue weighted by atomic mass is 14.0. The minimum Gasteiger partial charge on any atom is -0.344 e. The first-order chi connectivity index (χ1) is 2.00. The Morgan fingerprint density at radius 3 is 0.600 bits per heavy atom. The lowest BCUT2D eigenvalue weighted by Gasteiger charge is -0.813. The van der Waals surface area contributed by atoms with Crippen LogP contribution in [0, 0.1) is 0 Å². The third-order valence-corrected chi connectivity index (χ3v) is 0. The van der Waals surface area contributed by atoms with E-state index in [1.165, 1.54) is 0 Å². The monoisotopic (exact) mass is 73.1 g/mol. The molecule has 0 bridgehead atoms. The summed E-state index contributed by atoms with van der Waals surface area (Å²) in [7, 11) is 0. The van der Waals surface area contributed by atoms with Gasteiger partial charge in [-0.2, -0.15) is 0 Å². The summed E-state index contributed by atoms with van der Waals surface area (Å²) in [5, 5.41) is 0. The predicted molar refractivity (Wildman–Crippen MR) is 27.5 cm³/mol. The zero-order valence-electron chi connectivity index (χ0n) is 3.54. The van der Waals surface area contributed by atoms with Crippen LogP contribution in [0.5, 0.6) is 0 Å². The summed E-state index contributed by atoms with van der Waals surface area (Å²) in [6, 6.07) is 0. The van der Waals surface area contributed by atoms with Gasteiger partial charge in [-0.05, 0) is 0 Å². The van der Waals surface area contributed by atoms with Crippen molar-refractivity contribution in [1.82, 2.24) is 6.15 Å². The van der Waals surface area contributed by atoms with Gasteiger partial charge in [-0.15, -0.1) is 26.3 Å². The van der Waals surface area contributed by atoms with Gasteiger partial charge >= 0.3 is 0 Å². The second kappa shape index (κ2) is 65.3. The standard InChI is InChI=1S/2C2H4.H3N/c2*1-2;/h2*1-2H2;1H3. The molecule has 0 saturated heterocycles. The highest BCUT2D eigenvalue weighted by Gasteiger charge is 0.603. The van der Waals surface area contributed by atoms with Crippen molar-refractivity contribution in [1.29, 1.82) is 0 Å². The topological polar surface area (TPSA) is 35.0 Å². The van der Waals surface area contributed by atoms with Gasteiger partial charge in [0.2, 0.25) is 0 Å². The molecule has 1 heteroatoms. The maximum absolute atomic E-state index is 3.00. The molecule has 5 heavy (non-hydrogen) atoms. The van der Waals surface area contributed by atoms with E-state index < -0.39 is 0 Å². The van der Waals surface area contributed by atoms with Gasteiger partial charge in [-0.1, -0.05) is 0 Å². The van der Waals surface area contributed by atoms with Crippen molar-refractivity contribution in [3.63, 3.8) is 0 Å². The highest BCUT2D eigenvalue weighted by molar-refractivity contribution is 4.22. The first-order valence-electron chi connectivity index (χ1n) is 1.000. The van der Waals surface area contributed by atoms with Crippen LogP contribution in [0.2, 0.25) is 0 Å². The van der Waals surface area contributed by atoms with Gasteiger partial charge in [0.25, 0.3) is 0 Å². The maximum Gasteiger partial charge on any atom is -0.106 e. The van der Waals surface area contributed by atoms with Crippen LogP contribution < -0.4 is 6.15 Å².